The number of carboxylic acid groups (broad SMARTS) is 1. The standard InChI is InChI=1S/C12H24N2O3/c1-9(2)7-8-13-12(17)14-10(3)5-4-6-11(15)16/h9-10H,4-8H2,1-3H3,(H,15,16)(H2,13,14,17). The molecule has 17 heavy (non-hydrogen) atoms. The van der Waals surface area contributed by atoms with Gasteiger partial charge in [0.25, 0.3) is 0 Å². The zero-order valence-corrected chi connectivity index (χ0v) is 11.0. The van der Waals surface area contributed by atoms with E-state index in [4.69, 9.17) is 5.11 Å². The van der Waals surface area contributed by atoms with Gasteiger partial charge in [-0.25, -0.2) is 4.79 Å². The zero-order chi connectivity index (χ0) is 13.3. The molecule has 0 aliphatic rings. The maximum absolute atomic E-state index is 11.4. The van der Waals surface area contributed by atoms with Crippen LogP contribution in [-0.2, 0) is 4.79 Å². The van der Waals surface area contributed by atoms with E-state index < -0.39 is 5.97 Å². The summed E-state index contributed by atoms with van der Waals surface area (Å²) in [5.74, 6) is -0.220. The van der Waals surface area contributed by atoms with Crippen molar-refractivity contribution in [2.45, 2.75) is 52.5 Å². The number of carbonyl (C=O) groups is 2. The van der Waals surface area contributed by atoms with Crippen LogP contribution in [0.5, 0.6) is 0 Å². The van der Waals surface area contributed by atoms with Crippen LogP contribution in [0.3, 0.4) is 0 Å². The number of amides is 2. The minimum absolute atomic E-state index is 0.00778. The van der Waals surface area contributed by atoms with Crippen LogP contribution in [0.4, 0.5) is 4.79 Å². The quantitative estimate of drug-likeness (QED) is 0.611. The van der Waals surface area contributed by atoms with Gasteiger partial charge in [0, 0.05) is 19.0 Å². The maximum atomic E-state index is 11.4. The minimum atomic E-state index is -0.793. The summed E-state index contributed by atoms with van der Waals surface area (Å²) in [6.07, 6.45) is 2.38. The second kappa shape index (κ2) is 8.84. The fourth-order valence-electron chi connectivity index (χ4n) is 1.38. The van der Waals surface area contributed by atoms with Gasteiger partial charge in [-0.3, -0.25) is 4.79 Å². The maximum Gasteiger partial charge on any atom is 0.314 e. The summed E-state index contributed by atoms with van der Waals surface area (Å²) >= 11 is 0. The Kier molecular flexibility index (Phi) is 8.19. The molecule has 0 aromatic heterocycles. The molecule has 100 valence electrons. The molecule has 0 fully saturated rings. The smallest absolute Gasteiger partial charge is 0.314 e. The van der Waals surface area contributed by atoms with Gasteiger partial charge in [-0.2, -0.15) is 0 Å². The van der Waals surface area contributed by atoms with Crippen LogP contribution >= 0.6 is 0 Å². The highest BCUT2D eigenvalue weighted by molar-refractivity contribution is 5.74. The molecule has 0 aromatic carbocycles. The Labute approximate surface area is 103 Å². The summed E-state index contributed by atoms with van der Waals surface area (Å²) in [5, 5.41) is 14.0. The van der Waals surface area contributed by atoms with Crippen LogP contribution < -0.4 is 10.6 Å². The van der Waals surface area contributed by atoms with Crippen LogP contribution in [0.15, 0.2) is 0 Å². The van der Waals surface area contributed by atoms with Crippen molar-refractivity contribution >= 4 is 12.0 Å². The molecular formula is C12H24N2O3. The summed E-state index contributed by atoms with van der Waals surface area (Å²) in [7, 11) is 0. The molecule has 2 amide bonds. The molecule has 3 N–H and O–H groups in total. The molecule has 0 heterocycles. The van der Waals surface area contributed by atoms with Gasteiger partial charge in [-0.05, 0) is 32.1 Å². The van der Waals surface area contributed by atoms with Crippen molar-refractivity contribution in [1.29, 1.82) is 0 Å². The van der Waals surface area contributed by atoms with Crippen molar-refractivity contribution < 1.29 is 14.7 Å². The van der Waals surface area contributed by atoms with E-state index in [0.717, 1.165) is 6.42 Å². The fraction of sp³-hybridized carbons (Fsp3) is 0.833. The number of hydrogen-bond acceptors (Lipinski definition) is 2. The first kappa shape index (κ1) is 15.7. The van der Waals surface area contributed by atoms with E-state index >= 15 is 0 Å². The molecule has 0 saturated carbocycles. The molecule has 0 radical (unpaired) electrons. The van der Waals surface area contributed by atoms with Crippen LogP contribution in [0.1, 0.15) is 46.5 Å². The third-order valence-corrected chi connectivity index (χ3v) is 2.41. The lowest BCUT2D eigenvalue weighted by molar-refractivity contribution is -0.137. The lowest BCUT2D eigenvalue weighted by Gasteiger charge is -2.14. The summed E-state index contributed by atoms with van der Waals surface area (Å²) in [4.78, 5) is 21.7. The van der Waals surface area contributed by atoms with E-state index in [2.05, 4.69) is 24.5 Å². The number of carbonyl (C=O) groups excluding carboxylic acids is 1. The number of nitrogens with one attached hydrogen (secondary N) is 2. The number of carboxylic acids is 1. The normalized spacial score (nSPS) is 12.2. The largest absolute Gasteiger partial charge is 0.481 e. The summed E-state index contributed by atoms with van der Waals surface area (Å²) in [6, 6.07) is -0.165. The van der Waals surface area contributed by atoms with E-state index in [-0.39, 0.29) is 18.5 Å². The third-order valence-electron chi connectivity index (χ3n) is 2.41. The Bertz CT molecular complexity index is 242. The first-order valence-electron chi connectivity index (χ1n) is 6.18. The molecule has 0 saturated heterocycles. The third kappa shape index (κ3) is 11.0. The van der Waals surface area contributed by atoms with Crippen molar-refractivity contribution in [3.63, 3.8) is 0 Å². The predicted octanol–water partition coefficient (Wildman–Crippen LogP) is 1.98. The SMILES string of the molecule is CC(C)CCNC(=O)NC(C)CCCC(=O)O. The molecule has 0 aromatic rings. The monoisotopic (exact) mass is 244 g/mol. The van der Waals surface area contributed by atoms with Gasteiger partial charge in [0.15, 0.2) is 0 Å². The second-order valence-electron chi connectivity index (χ2n) is 4.77. The van der Waals surface area contributed by atoms with Gasteiger partial charge in [-0.1, -0.05) is 13.8 Å². The van der Waals surface area contributed by atoms with Gasteiger partial charge in [-0.15, -0.1) is 0 Å². The van der Waals surface area contributed by atoms with Crippen LogP contribution in [-0.4, -0.2) is 29.7 Å². The average Bonchev–Trinajstić information content (AvgIpc) is 2.15. The highest BCUT2D eigenvalue weighted by atomic mass is 16.4. The van der Waals surface area contributed by atoms with Crippen molar-refractivity contribution in [2.24, 2.45) is 5.92 Å². The molecule has 0 rings (SSSR count). The molecule has 5 heteroatoms. The summed E-state index contributed by atoms with van der Waals surface area (Å²) < 4.78 is 0. The van der Waals surface area contributed by atoms with Crippen LogP contribution in [0.2, 0.25) is 0 Å². The summed E-state index contributed by atoms with van der Waals surface area (Å²) in [5.41, 5.74) is 0. The van der Waals surface area contributed by atoms with Crippen LogP contribution in [0, 0.1) is 5.92 Å². The van der Waals surface area contributed by atoms with Crippen molar-refractivity contribution in [1.82, 2.24) is 10.6 Å². The van der Waals surface area contributed by atoms with E-state index in [1.165, 1.54) is 0 Å². The van der Waals surface area contributed by atoms with Gasteiger partial charge in [0.2, 0.25) is 0 Å². The lowest BCUT2D eigenvalue weighted by Crippen LogP contribution is -2.41. The minimum Gasteiger partial charge on any atom is -0.481 e. The molecular weight excluding hydrogens is 220 g/mol. The molecule has 5 nitrogen and oxygen atoms in total. The predicted molar refractivity (Wildman–Crippen MR) is 66.9 cm³/mol. The molecule has 1 unspecified atom stereocenters. The topological polar surface area (TPSA) is 78.4 Å². The average molecular weight is 244 g/mol. The first-order valence-corrected chi connectivity index (χ1v) is 6.18. The van der Waals surface area contributed by atoms with E-state index in [1.807, 2.05) is 6.92 Å². The van der Waals surface area contributed by atoms with Gasteiger partial charge in [0.05, 0.1) is 0 Å². The van der Waals surface area contributed by atoms with Gasteiger partial charge < -0.3 is 15.7 Å². The Morgan fingerprint density at radius 2 is 1.82 bits per heavy atom. The first-order chi connectivity index (χ1) is 7.91. The van der Waals surface area contributed by atoms with Crippen molar-refractivity contribution in [3.05, 3.63) is 0 Å². The Hall–Kier alpha value is -1.26. The van der Waals surface area contributed by atoms with Crippen molar-refractivity contribution in [3.8, 4) is 0 Å². The number of urea groups is 1. The van der Waals surface area contributed by atoms with E-state index in [0.29, 0.717) is 25.3 Å². The van der Waals surface area contributed by atoms with Crippen molar-refractivity contribution in [2.75, 3.05) is 6.54 Å². The fourth-order valence-corrected chi connectivity index (χ4v) is 1.38. The summed E-state index contributed by atoms with van der Waals surface area (Å²) in [6.45, 7) is 6.76. The zero-order valence-electron chi connectivity index (χ0n) is 11.0. The number of rotatable bonds is 8. The van der Waals surface area contributed by atoms with Gasteiger partial charge in [0.1, 0.15) is 0 Å². The lowest BCUT2D eigenvalue weighted by atomic mass is 10.1. The number of hydrogen-bond donors (Lipinski definition) is 3. The van der Waals surface area contributed by atoms with Gasteiger partial charge >= 0.3 is 12.0 Å². The number of aliphatic carboxylic acids is 1. The Morgan fingerprint density at radius 3 is 2.35 bits per heavy atom. The highest BCUT2D eigenvalue weighted by Crippen LogP contribution is 2.00. The second-order valence-corrected chi connectivity index (χ2v) is 4.77. The molecule has 0 aliphatic heterocycles. The Balaban J connectivity index is 3.55. The molecule has 0 spiro atoms. The molecule has 1 atom stereocenters. The highest BCUT2D eigenvalue weighted by Gasteiger charge is 2.07. The van der Waals surface area contributed by atoms with E-state index in [9.17, 15) is 9.59 Å². The van der Waals surface area contributed by atoms with Crippen LogP contribution in [0.25, 0.3) is 0 Å². The molecule has 0 bridgehead atoms. The van der Waals surface area contributed by atoms with E-state index in [1.54, 1.807) is 0 Å². The molecule has 0 aliphatic carbocycles. The Morgan fingerprint density at radius 1 is 1.18 bits per heavy atom.